The highest BCUT2D eigenvalue weighted by Gasteiger charge is 2.37. The van der Waals surface area contributed by atoms with E-state index in [9.17, 15) is 0 Å². The molecule has 1 heteroatoms. The SMILES string of the molecule is CC1(C)c2cc3ccccc3cc2-c2c(-c3cccc(-c4c5ccccc5c(-c5cccc6c5sc5ccccc56)c5ccccc45)c3)cccc21. The first-order chi connectivity index (χ1) is 25.6. The Kier molecular flexibility index (Phi) is 6.27. The molecule has 9 aromatic carbocycles. The molecular weight excluding hydrogens is 645 g/mol. The zero-order valence-electron chi connectivity index (χ0n) is 29.1. The van der Waals surface area contributed by atoms with Gasteiger partial charge in [-0.2, -0.15) is 0 Å². The first-order valence-corrected chi connectivity index (χ1v) is 19.0. The van der Waals surface area contributed by atoms with E-state index in [0.717, 1.165) is 0 Å². The lowest BCUT2D eigenvalue weighted by Gasteiger charge is -2.22. The maximum Gasteiger partial charge on any atom is 0.0434 e. The van der Waals surface area contributed by atoms with E-state index >= 15 is 0 Å². The molecular formula is C51H34S. The van der Waals surface area contributed by atoms with Crippen LogP contribution in [0.25, 0.3) is 97.0 Å². The molecule has 0 N–H and O–H groups in total. The van der Waals surface area contributed by atoms with E-state index in [1.54, 1.807) is 0 Å². The van der Waals surface area contributed by atoms with Crippen molar-refractivity contribution in [2.75, 3.05) is 0 Å². The minimum Gasteiger partial charge on any atom is -0.135 e. The molecule has 0 saturated carbocycles. The van der Waals surface area contributed by atoms with Gasteiger partial charge in [-0.15, -0.1) is 11.3 Å². The fourth-order valence-electron chi connectivity index (χ4n) is 9.23. The number of benzene rings is 9. The van der Waals surface area contributed by atoms with Crippen LogP contribution in [0.4, 0.5) is 0 Å². The first kappa shape index (κ1) is 29.7. The van der Waals surface area contributed by atoms with Gasteiger partial charge in [0.15, 0.2) is 0 Å². The molecule has 0 fully saturated rings. The molecule has 0 saturated heterocycles. The predicted molar refractivity (Wildman–Crippen MR) is 226 cm³/mol. The van der Waals surface area contributed by atoms with Crippen molar-refractivity contribution in [3.8, 4) is 44.5 Å². The lowest BCUT2D eigenvalue weighted by atomic mass is 9.81. The second kappa shape index (κ2) is 11.0. The van der Waals surface area contributed by atoms with Crippen molar-refractivity contribution in [2.45, 2.75) is 19.3 Å². The van der Waals surface area contributed by atoms with Crippen LogP contribution >= 0.6 is 11.3 Å². The Morgan fingerprint density at radius 2 is 0.923 bits per heavy atom. The summed E-state index contributed by atoms with van der Waals surface area (Å²) in [6.45, 7) is 4.76. The van der Waals surface area contributed by atoms with Crippen molar-refractivity contribution in [2.24, 2.45) is 0 Å². The monoisotopic (exact) mass is 678 g/mol. The fraction of sp³-hybridized carbons (Fsp3) is 0.0588. The third kappa shape index (κ3) is 4.15. The largest absolute Gasteiger partial charge is 0.135 e. The van der Waals surface area contributed by atoms with Crippen LogP contribution < -0.4 is 0 Å². The van der Waals surface area contributed by atoms with Gasteiger partial charge in [0, 0.05) is 31.2 Å². The van der Waals surface area contributed by atoms with E-state index in [-0.39, 0.29) is 5.41 Å². The van der Waals surface area contributed by atoms with E-state index in [0.29, 0.717) is 0 Å². The van der Waals surface area contributed by atoms with E-state index in [4.69, 9.17) is 0 Å². The van der Waals surface area contributed by atoms with E-state index in [2.05, 4.69) is 184 Å². The van der Waals surface area contributed by atoms with Gasteiger partial charge in [-0.05, 0) is 107 Å². The normalized spacial score (nSPS) is 13.3. The van der Waals surface area contributed by atoms with Crippen LogP contribution in [0.5, 0.6) is 0 Å². The van der Waals surface area contributed by atoms with Crippen molar-refractivity contribution in [1.82, 2.24) is 0 Å². The fourth-order valence-corrected chi connectivity index (χ4v) is 10.5. The van der Waals surface area contributed by atoms with Crippen LogP contribution in [0.1, 0.15) is 25.0 Å². The molecule has 10 aromatic rings. The Bertz CT molecular complexity index is 3040. The molecule has 0 amide bonds. The third-order valence-corrected chi connectivity index (χ3v) is 12.9. The summed E-state index contributed by atoms with van der Waals surface area (Å²) < 4.78 is 2.68. The van der Waals surface area contributed by atoms with Gasteiger partial charge in [0.25, 0.3) is 0 Å². The number of hydrogen-bond donors (Lipinski definition) is 0. The summed E-state index contributed by atoms with van der Waals surface area (Å²) in [5.41, 5.74) is 13.1. The third-order valence-electron chi connectivity index (χ3n) is 11.6. The Hall–Kier alpha value is -6.02. The molecule has 0 radical (unpaired) electrons. The van der Waals surface area contributed by atoms with Crippen molar-refractivity contribution < 1.29 is 0 Å². The van der Waals surface area contributed by atoms with Crippen LogP contribution in [0.2, 0.25) is 0 Å². The van der Waals surface area contributed by atoms with Gasteiger partial charge in [-0.1, -0.05) is 159 Å². The highest BCUT2D eigenvalue weighted by Crippen LogP contribution is 2.54. The molecule has 1 aliphatic rings. The molecule has 11 rings (SSSR count). The minimum absolute atomic E-state index is 0.0815. The summed E-state index contributed by atoms with van der Waals surface area (Å²) in [6.07, 6.45) is 0. The second-order valence-electron chi connectivity index (χ2n) is 14.8. The summed E-state index contributed by atoms with van der Waals surface area (Å²) >= 11 is 1.91. The summed E-state index contributed by atoms with van der Waals surface area (Å²) in [6, 6.07) is 63.5. The molecule has 1 heterocycles. The molecule has 0 nitrogen and oxygen atoms in total. The zero-order valence-corrected chi connectivity index (χ0v) is 29.9. The quantitative estimate of drug-likeness (QED) is 0.163. The summed E-state index contributed by atoms with van der Waals surface area (Å²) in [5, 5.41) is 10.4. The number of rotatable bonds is 3. The highest BCUT2D eigenvalue weighted by atomic mass is 32.1. The van der Waals surface area contributed by atoms with Crippen LogP contribution in [0, 0.1) is 0 Å². The standard InChI is InChI=1S/C51H34S/c1-51(2)44-26-13-23-35(49(44)43-29-31-14-3-4-15-32(31)30-45(43)51)33-16-11-17-34(28-33)47-37-19-5-7-21-39(37)48(40-22-8-6-20-38(40)47)42-25-12-24-41-36-18-9-10-27-46(36)52-50(41)42/h3-30H,1-2H3. The van der Waals surface area contributed by atoms with Gasteiger partial charge in [0.2, 0.25) is 0 Å². The van der Waals surface area contributed by atoms with Gasteiger partial charge >= 0.3 is 0 Å². The van der Waals surface area contributed by atoms with Gasteiger partial charge in [-0.25, -0.2) is 0 Å². The Labute approximate surface area is 307 Å². The van der Waals surface area contributed by atoms with Crippen molar-refractivity contribution in [3.63, 3.8) is 0 Å². The lowest BCUT2D eigenvalue weighted by Crippen LogP contribution is -2.14. The molecule has 1 aliphatic carbocycles. The van der Waals surface area contributed by atoms with Crippen molar-refractivity contribution in [3.05, 3.63) is 181 Å². The molecule has 1 aromatic heterocycles. The van der Waals surface area contributed by atoms with E-state index in [1.807, 2.05) is 11.3 Å². The Balaban J connectivity index is 1.16. The average Bonchev–Trinajstić information content (AvgIpc) is 3.68. The maximum absolute atomic E-state index is 2.43. The maximum atomic E-state index is 2.43. The smallest absolute Gasteiger partial charge is 0.0434 e. The van der Waals surface area contributed by atoms with Gasteiger partial charge in [-0.3, -0.25) is 0 Å². The molecule has 0 atom stereocenters. The van der Waals surface area contributed by atoms with Gasteiger partial charge in [0.1, 0.15) is 0 Å². The van der Waals surface area contributed by atoms with Crippen LogP contribution in [0.3, 0.4) is 0 Å². The first-order valence-electron chi connectivity index (χ1n) is 18.2. The summed E-state index contributed by atoms with van der Waals surface area (Å²) in [5.74, 6) is 0. The van der Waals surface area contributed by atoms with Crippen LogP contribution in [-0.4, -0.2) is 0 Å². The van der Waals surface area contributed by atoms with Crippen LogP contribution in [0.15, 0.2) is 170 Å². The Morgan fingerprint density at radius 1 is 0.365 bits per heavy atom. The van der Waals surface area contributed by atoms with E-state index in [1.165, 1.54) is 108 Å². The molecule has 52 heavy (non-hydrogen) atoms. The molecule has 0 spiro atoms. The van der Waals surface area contributed by atoms with Crippen LogP contribution in [-0.2, 0) is 5.41 Å². The average molecular weight is 679 g/mol. The zero-order chi connectivity index (χ0) is 34.6. The van der Waals surface area contributed by atoms with Crippen molar-refractivity contribution >= 4 is 63.8 Å². The van der Waals surface area contributed by atoms with Gasteiger partial charge < -0.3 is 0 Å². The number of thiophene rings is 1. The second-order valence-corrected chi connectivity index (χ2v) is 15.9. The Morgan fingerprint density at radius 3 is 1.67 bits per heavy atom. The number of fused-ring (bicyclic) bond motifs is 9. The molecule has 0 unspecified atom stereocenters. The van der Waals surface area contributed by atoms with E-state index < -0.39 is 0 Å². The molecule has 0 bridgehead atoms. The predicted octanol–water partition coefficient (Wildman–Crippen LogP) is 14.8. The van der Waals surface area contributed by atoms with Gasteiger partial charge in [0.05, 0.1) is 0 Å². The molecule has 244 valence electrons. The number of hydrogen-bond acceptors (Lipinski definition) is 1. The topological polar surface area (TPSA) is 0 Å². The lowest BCUT2D eigenvalue weighted by molar-refractivity contribution is 0.661. The minimum atomic E-state index is -0.0815. The van der Waals surface area contributed by atoms with Crippen molar-refractivity contribution in [1.29, 1.82) is 0 Å². The summed E-state index contributed by atoms with van der Waals surface area (Å²) in [7, 11) is 0. The summed E-state index contributed by atoms with van der Waals surface area (Å²) in [4.78, 5) is 0. The highest BCUT2D eigenvalue weighted by molar-refractivity contribution is 7.26. The molecule has 0 aliphatic heterocycles.